The number of hydrogen-bond acceptors (Lipinski definition) is 2. The third-order valence-electron chi connectivity index (χ3n) is 2.76. The van der Waals surface area contributed by atoms with Crippen LogP contribution in [0.4, 0.5) is 10.1 Å². The molecule has 2 aromatic rings. The van der Waals surface area contributed by atoms with E-state index in [0.29, 0.717) is 17.8 Å². The Morgan fingerprint density at radius 3 is 2.56 bits per heavy atom. The van der Waals surface area contributed by atoms with Gasteiger partial charge in [0.05, 0.1) is 11.8 Å². The molecule has 2 rings (SSSR count). The Balaban J connectivity index is 2.32. The fraction of sp³-hybridized carbons (Fsp3) is 0.231. The normalized spacial score (nSPS) is 10.4. The minimum absolute atomic E-state index is 0.143. The van der Waals surface area contributed by atoms with Gasteiger partial charge in [0, 0.05) is 17.9 Å². The van der Waals surface area contributed by atoms with E-state index in [0.717, 1.165) is 5.69 Å². The van der Waals surface area contributed by atoms with Crippen LogP contribution in [0, 0.1) is 12.7 Å². The van der Waals surface area contributed by atoms with Crippen molar-refractivity contribution >= 4 is 11.6 Å². The van der Waals surface area contributed by atoms with Crippen LogP contribution < -0.4 is 4.90 Å². The first-order chi connectivity index (χ1) is 8.63. The lowest BCUT2D eigenvalue weighted by Gasteiger charge is -2.20. The molecule has 0 spiro atoms. The molecule has 5 heteroatoms. The number of amides is 1. The number of carbonyl (C=O) groups excluding carboxylic acids is 1. The highest BCUT2D eigenvalue weighted by molar-refractivity contribution is 6.06. The number of H-pyrrole nitrogens is 1. The van der Waals surface area contributed by atoms with Crippen molar-refractivity contribution in [2.24, 2.45) is 0 Å². The highest BCUT2D eigenvalue weighted by Gasteiger charge is 2.19. The van der Waals surface area contributed by atoms with E-state index in [1.165, 1.54) is 18.3 Å². The summed E-state index contributed by atoms with van der Waals surface area (Å²) < 4.78 is 12.9. The number of carbonyl (C=O) groups is 1. The van der Waals surface area contributed by atoms with Crippen molar-refractivity contribution in [2.45, 2.75) is 13.8 Å². The number of rotatable bonds is 3. The number of hydrogen-bond donors (Lipinski definition) is 1. The van der Waals surface area contributed by atoms with E-state index in [9.17, 15) is 9.18 Å². The molecule has 0 fully saturated rings. The van der Waals surface area contributed by atoms with E-state index in [4.69, 9.17) is 0 Å². The fourth-order valence-corrected chi connectivity index (χ4v) is 1.78. The monoisotopic (exact) mass is 247 g/mol. The zero-order chi connectivity index (χ0) is 13.1. The maximum absolute atomic E-state index is 12.9. The maximum Gasteiger partial charge on any atom is 0.261 e. The minimum atomic E-state index is -0.318. The smallest absolute Gasteiger partial charge is 0.261 e. The summed E-state index contributed by atoms with van der Waals surface area (Å²) in [5.74, 6) is -0.461. The van der Waals surface area contributed by atoms with E-state index < -0.39 is 0 Å². The van der Waals surface area contributed by atoms with Crippen LogP contribution >= 0.6 is 0 Å². The molecule has 0 aliphatic rings. The van der Waals surface area contributed by atoms with Crippen molar-refractivity contribution in [3.8, 4) is 0 Å². The zero-order valence-corrected chi connectivity index (χ0v) is 10.3. The largest absolute Gasteiger partial charge is 0.309 e. The number of aryl methyl sites for hydroxylation is 1. The second-order valence-corrected chi connectivity index (χ2v) is 3.93. The maximum atomic E-state index is 12.9. The molecule has 0 bridgehead atoms. The molecule has 0 aliphatic carbocycles. The average Bonchev–Trinajstić information content (AvgIpc) is 2.78. The molecular weight excluding hydrogens is 233 g/mol. The lowest BCUT2D eigenvalue weighted by molar-refractivity contribution is 0.0988. The molecule has 1 heterocycles. The van der Waals surface area contributed by atoms with Crippen LogP contribution in [0.5, 0.6) is 0 Å². The molecule has 0 saturated carbocycles. The van der Waals surface area contributed by atoms with Crippen molar-refractivity contribution in [3.05, 3.63) is 47.5 Å². The quantitative estimate of drug-likeness (QED) is 0.906. The molecule has 0 atom stereocenters. The molecular formula is C13H14FN3O. The summed E-state index contributed by atoms with van der Waals surface area (Å²) in [6.45, 7) is 4.17. The highest BCUT2D eigenvalue weighted by Crippen LogP contribution is 2.18. The average molecular weight is 247 g/mol. The number of aromatic nitrogens is 2. The van der Waals surface area contributed by atoms with Gasteiger partial charge in [-0.05, 0) is 38.1 Å². The van der Waals surface area contributed by atoms with E-state index in [-0.39, 0.29) is 11.7 Å². The molecule has 1 aromatic carbocycles. The highest BCUT2D eigenvalue weighted by atomic mass is 19.1. The van der Waals surface area contributed by atoms with Gasteiger partial charge in [-0.25, -0.2) is 4.39 Å². The molecule has 4 nitrogen and oxygen atoms in total. The Kier molecular flexibility index (Phi) is 3.41. The SMILES string of the molecule is CCN(C(=O)c1cn[nH]c1C)c1ccc(F)cc1. The van der Waals surface area contributed by atoms with Crippen molar-refractivity contribution in [1.82, 2.24) is 10.2 Å². The molecule has 18 heavy (non-hydrogen) atoms. The molecule has 1 N–H and O–H groups in total. The van der Waals surface area contributed by atoms with Crippen molar-refractivity contribution in [2.75, 3.05) is 11.4 Å². The molecule has 1 aromatic heterocycles. The molecule has 94 valence electrons. The Morgan fingerprint density at radius 2 is 2.06 bits per heavy atom. The van der Waals surface area contributed by atoms with E-state index in [2.05, 4.69) is 10.2 Å². The Hall–Kier alpha value is -2.17. The van der Waals surface area contributed by atoms with E-state index in [1.54, 1.807) is 24.0 Å². The van der Waals surface area contributed by atoms with Gasteiger partial charge < -0.3 is 4.90 Å². The molecule has 1 amide bonds. The second kappa shape index (κ2) is 5.00. The fourth-order valence-electron chi connectivity index (χ4n) is 1.78. The van der Waals surface area contributed by atoms with Gasteiger partial charge in [0.2, 0.25) is 0 Å². The summed E-state index contributed by atoms with van der Waals surface area (Å²) in [5.41, 5.74) is 1.92. The summed E-state index contributed by atoms with van der Waals surface area (Å²) in [5, 5.41) is 6.57. The van der Waals surface area contributed by atoms with Crippen LogP contribution in [0.15, 0.2) is 30.5 Å². The summed E-state index contributed by atoms with van der Waals surface area (Å²) in [6.07, 6.45) is 1.50. The number of nitrogens with zero attached hydrogens (tertiary/aromatic N) is 2. The number of nitrogens with one attached hydrogen (secondary N) is 1. The number of benzene rings is 1. The summed E-state index contributed by atoms with van der Waals surface area (Å²) >= 11 is 0. The van der Waals surface area contributed by atoms with Gasteiger partial charge in [-0.1, -0.05) is 0 Å². The summed E-state index contributed by atoms with van der Waals surface area (Å²) in [4.78, 5) is 13.9. The van der Waals surface area contributed by atoms with Gasteiger partial charge in [-0.3, -0.25) is 9.89 Å². The van der Waals surface area contributed by atoms with Crippen LogP contribution in [-0.2, 0) is 0 Å². The van der Waals surface area contributed by atoms with Gasteiger partial charge in [0.15, 0.2) is 0 Å². The van der Waals surface area contributed by atoms with Crippen LogP contribution in [-0.4, -0.2) is 22.6 Å². The van der Waals surface area contributed by atoms with Crippen LogP contribution in [0.2, 0.25) is 0 Å². The molecule has 0 unspecified atom stereocenters. The topological polar surface area (TPSA) is 49.0 Å². The van der Waals surface area contributed by atoms with Crippen LogP contribution in [0.1, 0.15) is 23.0 Å². The molecule has 0 saturated heterocycles. The zero-order valence-electron chi connectivity index (χ0n) is 10.3. The first-order valence-corrected chi connectivity index (χ1v) is 5.71. The summed E-state index contributed by atoms with van der Waals surface area (Å²) in [7, 11) is 0. The van der Waals surface area contributed by atoms with Crippen molar-refractivity contribution < 1.29 is 9.18 Å². The predicted octanol–water partition coefficient (Wildman–Crippen LogP) is 2.52. The lowest BCUT2D eigenvalue weighted by Crippen LogP contribution is -2.30. The third kappa shape index (κ3) is 2.25. The Labute approximate surface area is 104 Å². The lowest BCUT2D eigenvalue weighted by atomic mass is 10.2. The van der Waals surface area contributed by atoms with E-state index in [1.807, 2.05) is 6.92 Å². The first-order valence-electron chi connectivity index (χ1n) is 5.71. The van der Waals surface area contributed by atoms with Crippen LogP contribution in [0.25, 0.3) is 0 Å². The summed E-state index contributed by atoms with van der Waals surface area (Å²) in [6, 6.07) is 5.86. The van der Waals surface area contributed by atoms with Crippen LogP contribution in [0.3, 0.4) is 0 Å². The first kappa shape index (κ1) is 12.3. The van der Waals surface area contributed by atoms with Gasteiger partial charge in [-0.2, -0.15) is 5.10 Å². The standard InChI is InChI=1S/C13H14FN3O/c1-3-17(11-6-4-10(14)5-7-11)13(18)12-8-15-16-9(12)2/h4-8H,3H2,1-2H3,(H,15,16). The van der Waals surface area contributed by atoms with Gasteiger partial charge in [-0.15, -0.1) is 0 Å². The number of halogens is 1. The van der Waals surface area contributed by atoms with Crippen molar-refractivity contribution in [3.63, 3.8) is 0 Å². The van der Waals surface area contributed by atoms with Gasteiger partial charge in [0.25, 0.3) is 5.91 Å². The Morgan fingerprint density at radius 1 is 1.39 bits per heavy atom. The Bertz CT molecular complexity index is 548. The third-order valence-corrected chi connectivity index (χ3v) is 2.76. The van der Waals surface area contributed by atoms with Gasteiger partial charge >= 0.3 is 0 Å². The van der Waals surface area contributed by atoms with E-state index >= 15 is 0 Å². The molecule has 0 radical (unpaired) electrons. The second-order valence-electron chi connectivity index (χ2n) is 3.93. The number of anilines is 1. The predicted molar refractivity (Wildman–Crippen MR) is 67.1 cm³/mol. The minimum Gasteiger partial charge on any atom is -0.309 e. The molecule has 0 aliphatic heterocycles. The number of aromatic amines is 1. The van der Waals surface area contributed by atoms with Gasteiger partial charge in [0.1, 0.15) is 5.82 Å². The van der Waals surface area contributed by atoms with Crippen molar-refractivity contribution in [1.29, 1.82) is 0 Å².